The molecule has 108 valence electrons. The second-order valence-corrected chi connectivity index (χ2v) is 5.82. The van der Waals surface area contributed by atoms with E-state index in [0.717, 1.165) is 0 Å². The zero-order valence-corrected chi connectivity index (χ0v) is 12.6. The van der Waals surface area contributed by atoms with Gasteiger partial charge in [-0.05, 0) is 13.8 Å². The molecule has 0 bridgehead atoms. The molecule has 0 radical (unpaired) electrons. The molecule has 0 atom stereocenters. The molecule has 1 aromatic carbocycles. The number of carbonyl (C=O) groups excluding carboxylic acids is 1. The molecule has 1 rings (SSSR count). The van der Waals surface area contributed by atoms with Gasteiger partial charge in [0, 0.05) is 5.56 Å². The Labute approximate surface area is 119 Å². The monoisotopic (exact) mass is 294 g/mol. The fraction of sp³-hybridized carbons (Fsp3) is 0.267. The molecule has 5 heteroatoms. The highest BCUT2D eigenvalue weighted by Gasteiger charge is 2.35. The van der Waals surface area contributed by atoms with Crippen molar-refractivity contribution >= 4 is 13.1 Å². The molecule has 20 heavy (non-hydrogen) atoms. The van der Waals surface area contributed by atoms with E-state index in [-0.39, 0.29) is 13.2 Å². The van der Waals surface area contributed by atoms with Gasteiger partial charge in [0.15, 0.2) is 0 Å². The second kappa shape index (κ2) is 8.64. The smallest absolute Gasteiger partial charge is 0.299 e. The number of hydrogen-bond acceptors (Lipinski definition) is 4. The molecule has 0 aliphatic carbocycles. The quantitative estimate of drug-likeness (QED) is 0.532. The van der Waals surface area contributed by atoms with Gasteiger partial charge in [-0.15, -0.1) is 0 Å². The molecule has 0 unspecified atom stereocenters. The van der Waals surface area contributed by atoms with Crippen LogP contribution in [0, 0.1) is 0 Å². The predicted octanol–water partition coefficient (Wildman–Crippen LogP) is 4.21. The van der Waals surface area contributed by atoms with E-state index >= 15 is 0 Å². The Bertz CT molecular complexity index is 500. The van der Waals surface area contributed by atoms with E-state index in [0.29, 0.717) is 5.56 Å². The van der Waals surface area contributed by atoms with Gasteiger partial charge >= 0.3 is 7.60 Å². The Morgan fingerprint density at radius 2 is 1.55 bits per heavy atom. The van der Waals surface area contributed by atoms with Crippen LogP contribution in [0.1, 0.15) is 24.2 Å². The average molecular weight is 294 g/mol. The number of allylic oxidation sites excluding steroid dienone is 2. The first-order valence-electron chi connectivity index (χ1n) is 6.35. The minimum atomic E-state index is -3.83. The standard InChI is InChI=1S/C15H19O4P/c1-3-5-12-18-20(17,19-13-6-4-2)15(16)14-10-8-7-9-11-14/h3-11H,12-13H2,1-2H3/b5-3+,6-4+. The molecule has 0 aliphatic heterocycles. The first-order valence-corrected chi connectivity index (χ1v) is 7.89. The molecular weight excluding hydrogens is 275 g/mol. The number of hydrogen-bond donors (Lipinski definition) is 0. The van der Waals surface area contributed by atoms with Crippen LogP contribution >= 0.6 is 7.60 Å². The summed E-state index contributed by atoms with van der Waals surface area (Å²) < 4.78 is 23.0. The van der Waals surface area contributed by atoms with Crippen molar-refractivity contribution in [2.24, 2.45) is 0 Å². The van der Waals surface area contributed by atoms with Crippen LogP contribution in [0.3, 0.4) is 0 Å². The zero-order chi connectivity index (χ0) is 14.8. The lowest BCUT2D eigenvalue weighted by molar-refractivity contribution is 0.101. The zero-order valence-electron chi connectivity index (χ0n) is 11.7. The van der Waals surface area contributed by atoms with Crippen molar-refractivity contribution in [2.45, 2.75) is 13.8 Å². The van der Waals surface area contributed by atoms with Gasteiger partial charge in [0.05, 0.1) is 13.2 Å². The Morgan fingerprint density at radius 1 is 1.05 bits per heavy atom. The van der Waals surface area contributed by atoms with Crippen LogP contribution in [0.5, 0.6) is 0 Å². The largest absolute Gasteiger partial charge is 0.402 e. The topological polar surface area (TPSA) is 52.6 Å². The third kappa shape index (κ3) is 4.89. The lowest BCUT2D eigenvalue weighted by Gasteiger charge is -2.15. The van der Waals surface area contributed by atoms with E-state index < -0.39 is 13.1 Å². The highest BCUT2D eigenvalue weighted by molar-refractivity contribution is 7.72. The Kier molecular flexibility index (Phi) is 7.16. The summed E-state index contributed by atoms with van der Waals surface area (Å²) in [7, 11) is -3.83. The minimum absolute atomic E-state index is 0.0716. The Balaban J connectivity index is 2.90. The summed E-state index contributed by atoms with van der Waals surface area (Å²) in [6, 6.07) is 8.37. The van der Waals surface area contributed by atoms with Gasteiger partial charge in [0.2, 0.25) is 0 Å². The van der Waals surface area contributed by atoms with Crippen molar-refractivity contribution in [3.63, 3.8) is 0 Å². The SMILES string of the molecule is C/C=C/COP(=O)(OC/C=C/C)C(=O)c1ccccc1. The molecule has 0 amide bonds. The van der Waals surface area contributed by atoms with Gasteiger partial charge in [-0.2, -0.15) is 0 Å². The lowest BCUT2D eigenvalue weighted by Crippen LogP contribution is -2.08. The van der Waals surface area contributed by atoms with Crippen LogP contribution in [0.25, 0.3) is 0 Å². The van der Waals surface area contributed by atoms with Crippen LogP contribution in [0.15, 0.2) is 54.6 Å². The van der Waals surface area contributed by atoms with Gasteiger partial charge in [-0.3, -0.25) is 18.4 Å². The van der Waals surface area contributed by atoms with Crippen molar-refractivity contribution in [2.75, 3.05) is 13.2 Å². The first-order chi connectivity index (χ1) is 9.64. The van der Waals surface area contributed by atoms with E-state index in [1.807, 2.05) is 13.8 Å². The summed E-state index contributed by atoms with van der Waals surface area (Å²) in [5.41, 5.74) is -0.302. The van der Waals surface area contributed by atoms with Crippen molar-refractivity contribution in [3.05, 3.63) is 60.2 Å². The predicted molar refractivity (Wildman–Crippen MR) is 79.9 cm³/mol. The molecule has 0 N–H and O–H groups in total. The fourth-order valence-corrected chi connectivity index (χ4v) is 2.71. The van der Waals surface area contributed by atoms with Gasteiger partial charge < -0.3 is 0 Å². The van der Waals surface area contributed by atoms with Crippen LogP contribution in [0.4, 0.5) is 0 Å². The fourth-order valence-electron chi connectivity index (χ4n) is 1.37. The summed E-state index contributed by atoms with van der Waals surface area (Å²) in [5.74, 6) is 0. The highest BCUT2D eigenvalue weighted by atomic mass is 31.2. The first kappa shape index (κ1) is 16.6. The van der Waals surface area contributed by atoms with E-state index in [1.54, 1.807) is 54.6 Å². The molecule has 0 saturated heterocycles. The van der Waals surface area contributed by atoms with Gasteiger partial charge in [-0.25, -0.2) is 0 Å². The Hall–Kier alpha value is -1.48. The summed E-state index contributed by atoms with van der Waals surface area (Å²) in [4.78, 5) is 12.3. The lowest BCUT2D eigenvalue weighted by atomic mass is 10.2. The van der Waals surface area contributed by atoms with Crippen LogP contribution in [-0.4, -0.2) is 18.7 Å². The van der Waals surface area contributed by atoms with Crippen LogP contribution < -0.4 is 0 Å². The molecule has 0 fully saturated rings. The van der Waals surface area contributed by atoms with Crippen LogP contribution in [-0.2, 0) is 13.6 Å². The van der Waals surface area contributed by atoms with Gasteiger partial charge in [0.25, 0.3) is 5.52 Å². The molecule has 1 aromatic rings. The maximum atomic E-state index is 12.6. The Morgan fingerprint density at radius 3 is 2.00 bits per heavy atom. The molecule has 0 aromatic heterocycles. The van der Waals surface area contributed by atoms with Crippen molar-refractivity contribution in [3.8, 4) is 0 Å². The second-order valence-electron chi connectivity index (χ2n) is 3.90. The summed E-state index contributed by atoms with van der Waals surface area (Å²) >= 11 is 0. The maximum absolute atomic E-state index is 12.6. The van der Waals surface area contributed by atoms with Gasteiger partial charge in [0.1, 0.15) is 0 Å². The molecule has 4 nitrogen and oxygen atoms in total. The third-order valence-electron chi connectivity index (χ3n) is 2.42. The molecule has 0 heterocycles. The number of carbonyl (C=O) groups is 1. The van der Waals surface area contributed by atoms with Crippen LogP contribution in [0.2, 0.25) is 0 Å². The van der Waals surface area contributed by atoms with E-state index in [4.69, 9.17) is 9.05 Å². The number of rotatable bonds is 8. The van der Waals surface area contributed by atoms with E-state index in [2.05, 4.69) is 0 Å². The van der Waals surface area contributed by atoms with E-state index in [9.17, 15) is 9.36 Å². The maximum Gasteiger partial charge on any atom is 0.402 e. The molecule has 0 aliphatic rings. The molecule has 0 saturated carbocycles. The summed E-state index contributed by atoms with van der Waals surface area (Å²) in [5, 5.41) is 0. The normalized spacial score (nSPS) is 12.3. The van der Waals surface area contributed by atoms with Crippen molar-refractivity contribution in [1.29, 1.82) is 0 Å². The van der Waals surface area contributed by atoms with Crippen molar-refractivity contribution < 1.29 is 18.4 Å². The highest BCUT2D eigenvalue weighted by Crippen LogP contribution is 2.51. The van der Waals surface area contributed by atoms with Gasteiger partial charge in [-0.1, -0.05) is 54.6 Å². The summed E-state index contributed by atoms with van der Waals surface area (Å²) in [6.07, 6.45) is 6.85. The average Bonchev–Trinajstić information content (AvgIpc) is 2.48. The molecular formula is C15H19O4P. The third-order valence-corrected chi connectivity index (χ3v) is 4.16. The van der Waals surface area contributed by atoms with Crippen molar-refractivity contribution in [1.82, 2.24) is 0 Å². The summed E-state index contributed by atoms with van der Waals surface area (Å²) in [6.45, 7) is 3.77. The number of benzene rings is 1. The minimum Gasteiger partial charge on any atom is -0.299 e. The molecule has 0 spiro atoms. The van der Waals surface area contributed by atoms with E-state index in [1.165, 1.54) is 0 Å².